The van der Waals surface area contributed by atoms with Gasteiger partial charge in [0.25, 0.3) is 0 Å². The van der Waals surface area contributed by atoms with Crippen molar-refractivity contribution >= 4 is 38.9 Å². The van der Waals surface area contributed by atoms with Crippen LogP contribution in [0.5, 0.6) is 0 Å². The molecular weight excluding hydrogens is 911 g/mol. The van der Waals surface area contributed by atoms with E-state index in [1.807, 2.05) is 24.3 Å². The zero-order valence-electron chi connectivity index (χ0n) is 44.0. The van der Waals surface area contributed by atoms with Gasteiger partial charge in [0.1, 0.15) is 0 Å². The predicted molar refractivity (Wildman–Crippen MR) is 313 cm³/mol. The molecule has 2 heterocycles. The van der Waals surface area contributed by atoms with E-state index >= 15 is 0 Å². The summed E-state index contributed by atoms with van der Waals surface area (Å²) in [6.07, 6.45) is 17.1. The number of benzene rings is 7. The first-order valence-electron chi connectivity index (χ1n) is 27.6. The highest BCUT2D eigenvalue weighted by atomic mass is 15.1. The van der Waals surface area contributed by atoms with Gasteiger partial charge < -0.3 is 9.47 Å². The van der Waals surface area contributed by atoms with Crippen LogP contribution < -0.4 is 4.90 Å². The first kappa shape index (κ1) is 50.4. The molecule has 0 fully saturated rings. The van der Waals surface area contributed by atoms with Gasteiger partial charge in [0, 0.05) is 67.5 Å². The lowest BCUT2D eigenvalue weighted by atomic mass is 9.70. The molecule has 1 aliphatic carbocycles. The summed E-state index contributed by atoms with van der Waals surface area (Å²) in [6.45, 7) is 7.85. The Hall–Kier alpha value is -8.17. The van der Waals surface area contributed by atoms with Gasteiger partial charge in [0.15, 0.2) is 0 Å². The monoisotopic (exact) mass is 978 g/mol. The number of hydrogen-bond donors (Lipinski definition) is 0. The molecule has 0 aliphatic heterocycles. The highest BCUT2D eigenvalue weighted by molar-refractivity contribution is 6.08. The summed E-state index contributed by atoms with van der Waals surface area (Å²) >= 11 is 0. The molecule has 0 unspecified atom stereocenters. The van der Waals surface area contributed by atoms with Crippen molar-refractivity contribution in [2.75, 3.05) is 4.90 Å². The van der Waals surface area contributed by atoms with E-state index in [-0.39, 0.29) is 5.41 Å². The number of para-hydroxylation sites is 3. The summed E-state index contributed by atoms with van der Waals surface area (Å²) in [5, 5.41) is 2.44. The average Bonchev–Trinajstić information content (AvgIpc) is 3.92. The van der Waals surface area contributed by atoms with Gasteiger partial charge in [-0.25, -0.2) is 0 Å². The van der Waals surface area contributed by atoms with Gasteiger partial charge in [0.2, 0.25) is 17.5 Å². The Balaban J connectivity index is 1.01. The fourth-order valence-electron chi connectivity index (χ4n) is 11.2. The van der Waals surface area contributed by atoms with E-state index in [0.717, 1.165) is 59.6 Å². The second kappa shape index (κ2) is 24.2. The Morgan fingerprint density at radius 2 is 0.867 bits per heavy atom. The molecule has 0 spiro atoms. The predicted octanol–water partition coefficient (Wildman–Crippen LogP) is 17.4. The Labute approximate surface area is 445 Å². The molecule has 1 aliphatic rings. The van der Waals surface area contributed by atoms with Crippen molar-refractivity contribution in [3.8, 4) is 46.6 Å². The standard InChI is InChI=1S/C70H67N5/c1-4-7-10-23-48-70(49-24-11-8-5-2)63-32-21-19-30-59(63)60-43-36-55(52-64(60)70)40-47-69-72-67(45-38-53-34-41-58(42-35-53)75(56-26-15-13-16-27-56)57-28-17-14-18-29-57)71-68(73-69)46-39-54-37-44-66-62(51-54)61-31-20-22-33-65(61)74(66)50-25-12-9-6-3/h13-22,26-37,41-44,51-52H,4-12,23-25,48-50H2,1-3H3. The number of anilines is 3. The second-order valence-electron chi connectivity index (χ2n) is 20.1. The Bertz CT molecular complexity index is 3540. The lowest BCUT2D eigenvalue weighted by Gasteiger charge is -2.33. The van der Waals surface area contributed by atoms with Gasteiger partial charge in [-0.15, -0.1) is 0 Å². The van der Waals surface area contributed by atoms with Crippen LogP contribution in [-0.4, -0.2) is 19.5 Å². The third kappa shape index (κ3) is 11.5. The van der Waals surface area contributed by atoms with Crippen molar-refractivity contribution in [3.05, 3.63) is 215 Å². The summed E-state index contributed by atoms with van der Waals surface area (Å²) in [4.78, 5) is 16.8. The molecular formula is C70H67N5. The molecule has 0 saturated heterocycles. The minimum Gasteiger partial charge on any atom is -0.340 e. The maximum atomic E-state index is 4.87. The molecule has 7 aromatic carbocycles. The van der Waals surface area contributed by atoms with Gasteiger partial charge in [0.05, 0.1) is 0 Å². The molecule has 372 valence electrons. The first-order chi connectivity index (χ1) is 37.0. The van der Waals surface area contributed by atoms with Crippen molar-refractivity contribution in [2.24, 2.45) is 0 Å². The lowest BCUT2D eigenvalue weighted by molar-refractivity contribution is 0.401. The third-order valence-corrected chi connectivity index (χ3v) is 14.9. The minimum atomic E-state index is -0.0318. The van der Waals surface area contributed by atoms with Crippen LogP contribution >= 0.6 is 0 Å². The van der Waals surface area contributed by atoms with E-state index < -0.39 is 0 Å². The number of nitrogens with zero attached hydrogens (tertiary/aromatic N) is 5. The lowest BCUT2D eigenvalue weighted by Crippen LogP contribution is -2.25. The number of rotatable bonds is 18. The molecule has 2 aromatic heterocycles. The van der Waals surface area contributed by atoms with Crippen LogP contribution in [0.25, 0.3) is 32.9 Å². The molecule has 0 N–H and O–H groups in total. The maximum absolute atomic E-state index is 4.87. The van der Waals surface area contributed by atoms with Crippen molar-refractivity contribution in [2.45, 2.75) is 123 Å². The molecule has 0 saturated carbocycles. The zero-order valence-corrected chi connectivity index (χ0v) is 44.0. The van der Waals surface area contributed by atoms with E-state index in [4.69, 9.17) is 15.0 Å². The fraction of sp³-hybridized carbons (Fsp3) is 0.271. The summed E-state index contributed by atoms with van der Waals surface area (Å²) in [5.74, 6) is 21.2. The molecule has 0 radical (unpaired) electrons. The number of aryl methyl sites for hydroxylation is 1. The summed E-state index contributed by atoms with van der Waals surface area (Å²) in [7, 11) is 0. The number of unbranched alkanes of at least 4 members (excludes halogenated alkanes) is 9. The number of fused-ring (bicyclic) bond motifs is 6. The Morgan fingerprint density at radius 1 is 0.387 bits per heavy atom. The molecule has 0 atom stereocenters. The van der Waals surface area contributed by atoms with Crippen LogP contribution in [0.15, 0.2) is 170 Å². The van der Waals surface area contributed by atoms with E-state index in [2.05, 4.69) is 211 Å². The first-order valence-corrected chi connectivity index (χ1v) is 27.6. The number of hydrogen-bond acceptors (Lipinski definition) is 4. The Kier molecular flexibility index (Phi) is 16.3. The Morgan fingerprint density at radius 3 is 1.49 bits per heavy atom. The average molecular weight is 978 g/mol. The molecule has 10 rings (SSSR count). The van der Waals surface area contributed by atoms with E-state index in [9.17, 15) is 0 Å². The van der Waals surface area contributed by atoms with E-state index in [0.29, 0.717) is 17.5 Å². The SMILES string of the molecule is CCCCCCn1c2ccccc2c2cc(C#Cc3nc(C#Cc4ccc(N(c5ccccc5)c5ccccc5)cc4)nc(C#Cc4ccc5c(c4)C(CCCCCC)(CCCCCC)c4ccccc4-5)n3)ccc21. The minimum absolute atomic E-state index is 0.0318. The van der Waals surface area contributed by atoms with Crippen LogP contribution in [0, 0.1) is 35.5 Å². The highest BCUT2D eigenvalue weighted by Crippen LogP contribution is 2.54. The van der Waals surface area contributed by atoms with Crippen molar-refractivity contribution in [1.82, 2.24) is 19.5 Å². The third-order valence-electron chi connectivity index (χ3n) is 14.9. The highest BCUT2D eigenvalue weighted by Gasteiger charge is 2.42. The molecule has 75 heavy (non-hydrogen) atoms. The smallest absolute Gasteiger partial charge is 0.210 e. The van der Waals surface area contributed by atoms with Crippen LogP contribution in [0.4, 0.5) is 17.1 Å². The molecule has 5 heteroatoms. The topological polar surface area (TPSA) is 46.8 Å². The van der Waals surface area contributed by atoms with Gasteiger partial charge >= 0.3 is 0 Å². The van der Waals surface area contributed by atoms with Gasteiger partial charge in [-0.1, -0.05) is 194 Å². The maximum Gasteiger partial charge on any atom is 0.210 e. The van der Waals surface area contributed by atoms with Crippen molar-refractivity contribution in [1.29, 1.82) is 0 Å². The second-order valence-corrected chi connectivity index (χ2v) is 20.1. The molecule has 0 bridgehead atoms. The fourth-order valence-corrected chi connectivity index (χ4v) is 11.2. The van der Waals surface area contributed by atoms with Crippen LogP contribution in [0.2, 0.25) is 0 Å². The van der Waals surface area contributed by atoms with E-state index in [1.54, 1.807) is 0 Å². The summed E-state index contributed by atoms with van der Waals surface area (Å²) in [5.41, 5.74) is 13.9. The molecule has 5 nitrogen and oxygen atoms in total. The van der Waals surface area contributed by atoms with Gasteiger partial charge in [-0.2, -0.15) is 15.0 Å². The van der Waals surface area contributed by atoms with Crippen molar-refractivity contribution < 1.29 is 0 Å². The van der Waals surface area contributed by atoms with Crippen molar-refractivity contribution in [3.63, 3.8) is 0 Å². The molecule has 9 aromatic rings. The largest absolute Gasteiger partial charge is 0.340 e. The van der Waals surface area contributed by atoms with Gasteiger partial charge in [-0.05, 0) is 144 Å². The van der Waals surface area contributed by atoms with Gasteiger partial charge in [-0.3, -0.25) is 0 Å². The zero-order chi connectivity index (χ0) is 51.2. The van der Waals surface area contributed by atoms with Crippen LogP contribution in [-0.2, 0) is 12.0 Å². The number of aromatic nitrogens is 4. The summed E-state index contributed by atoms with van der Waals surface area (Å²) in [6, 6.07) is 60.3. The summed E-state index contributed by atoms with van der Waals surface area (Å²) < 4.78 is 2.47. The van der Waals surface area contributed by atoms with Crippen LogP contribution in [0.1, 0.15) is 156 Å². The van der Waals surface area contributed by atoms with E-state index in [1.165, 1.54) is 115 Å². The normalized spacial score (nSPS) is 12.0. The molecule has 0 amide bonds. The quantitative estimate of drug-likeness (QED) is 0.0635. The van der Waals surface area contributed by atoms with Crippen LogP contribution in [0.3, 0.4) is 0 Å².